The first-order valence-electron chi connectivity index (χ1n) is 8.33. The number of carbonyl (C=O) groups is 1. The minimum absolute atomic E-state index is 0.0194. The van der Waals surface area contributed by atoms with Gasteiger partial charge in [-0.05, 0) is 43.0 Å². The lowest BCUT2D eigenvalue weighted by Crippen LogP contribution is -2.11. The van der Waals surface area contributed by atoms with E-state index in [1.807, 2.05) is 25.1 Å². The van der Waals surface area contributed by atoms with Crippen LogP contribution in [0.3, 0.4) is 0 Å². The van der Waals surface area contributed by atoms with Gasteiger partial charge in [-0.15, -0.1) is 0 Å². The van der Waals surface area contributed by atoms with Crippen LogP contribution in [-0.2, 0) is 19.0 Å². The van der Waals surface area contributed by atoms with Crippen LogP contribution in [0.25, 0.3) is 6.08 Å². The average molecular weight is 318 g/mol. The molecule has 2 rings (SSSR count). The van der Waals surface area contributed by atoms with Gasteiger partial charge in [0.1, 0.15) is 6.10 Å². The molecule has 0 radical (unpaired) electrons. The van der Waals surface area contributed by atoms with Gasteiger partial charge in [0.2, 0.25) is 0 Å². The van der Waals surface area contributed by atoms with Crippen molar-refractivity contribution < 1.29 is 19.0 Å². The fourth-order valence-corrected chi connectivity index (χ4v) is 2.53. The predicted octanol–water partition coefficient (Wildman–Crippen LogP) is 3.83. The molecule has 23 heavy (non-hydrogen) atoms. The van der Waals surface area contributed by atoms with E-state index in [0.717, 1.165) is 36.1 Å². The summed E-state index contributed by atoms with van der Waals surface area (Å²) in [5, 5.41) is 0. The zero-order chi connectivity index (χ0) is 16.7. The van der Waals surface area contributed by atoms with Gasteiger partial charge in [0.15, 0.2) is 0 Å². The molecule has 1 saturated heterocycles. The van der Waals surface area contributed by atoms with Crippen molar-refractivity contribution >= 4 is 12.0 Å². The van der Waals surface area contributed by atoms with E-state index in [1.54, 1.807) is 6.92 Å². The third-order valence-electron chi connectivity index (χ3n) is 3.81. The SMILES string of the molecule is CCC[C@@H](OCC1CO1)c1cccc(C)c1/C=C/C(=O)OCC. The molecule has 1 aliphatic rings. The van der Waals surface area contributed by atoms with Gasteiger partial charge in [0.05, 0.1) is 25.9 Å². The molecule has 0 bridgehead atoms. The summed E-state index contributed by atoms with van der Waals surface area (Å²) in [6.45, 7) is 7.79. The van der Waals surface area contributed by atoms with Crippen molar-refractivity contribution in [3.8, 4) is 0 Å². The first kappa shape index (κ1) is 17.7. The van der Waals surface area contributed by atoms with Crippen LogP contribution >= 0.6 is 0 Å². The molecule has 1 aliphatic heterocycles. The summed E-state index contributed by atoms with van der Waals surface area (Å²) < 4.78 is 16.3. The zero-order valence-corrected chi connectivity index (χ0v) is 14.2. The van der Waals surface area contributed by atoms with E-state index in [0.29, 0.717) is 13.2 Å². The molecule has 1 aromatic rings. The molecule has 0 aromatic heterocycles. The molecule has 0 N–H and O–H groups in total. The number of hydrogen-bond acceptors (Lipinski definition) is 4. The summed E-state index contributed by atoms with van der Waals surface area (Å²) >= 11 is 0. The Balaban J connectivity index is 2.20. The minimum Gasteiger partial charge on any atom is -0.463 e. The average Bonchev–Trinajstić information content (AvgIpc) is 3.34. The van der Waals surface area contributed by atoms with Crippen molar-refractivity contribution in [2.24, 2.45) is 0 Å². The smallest absolute Gasteiger partial charge is 0.330 e. The predicted molar refractivity (Wildman–Crippen MR) is 90.2 cm³/mol. The number of hydrogen-bond donors (Lipinski definition) is 0. The molecular weight excluding hydrogens is 292 g/mol. The van der Waals surface area contributed by atoms with Crippen molar-refractivity contribution in [1.82, 2.24) is 0 Å². The van der Waals surface area contributed by atoms with E-state index in [4.69, 9.17) is 14.2 Å². The molecule has 2 atom stereocenters. The number of benzene rings is 1. The highest BCUT2D eigenvalue weighted by Gasteiger charge is 2.25. The van der Waals surface area contributed by atoms with Crippen molar-refractivity contribution in [3.63, 3.8) is 0 Å². The number of ether oxygens (including phenoxy) is 3. The Morgan fingerprint density at radius 2 is 2.22 bits per heavy atom. The summed E-state index contributed by atoms with van der Waals surface area (Å²) in [4.78, 5) is 11.6. The third-order valence-corrected chi connectivity index (χ3v) is 3.81. The van der Waals surface area contributed by atoms with Crippen molar-refractivity contribution in [2.45, 2.75) is 45.8 Å². The molecular formula is C19H26O4. The molecule has 4 nitrogen and oxygen atoms in total. The zero-order valence-electron chi connectivity index (χ0n) is 14.2. The van der Waals surface area contributed by atoms with Gasteiger partial charge in [0, 0.05) is 6.08 Å². The highest BCUT2D eigenvalue weighted by Crippen LogP contribution is 2.30. The largest absolute Gasteiger partial charge is 0.463 e. The Hall–Kier alpha value is -1.65. The van der Waals surface area contributed by atoms with Crippen LogP contribution in [0, 0.1) is 6.92 Å². The van der Waals surface area contributed by atoms with Gasteiger partial charge >= 0.3 is 5.97 Å². The van der Waals surface area contributed by atoms with Gasteiger partial charge in [-0.2, -0.15) is 0 Å². The Bertz CT molecular complexity index is 546. The number of epoxide rings is 1. The summed E-state index contributed by atoms with van der Waals surface area (Å²) in [6, 6.07) is 6.15. The summed E-state index contributed by atoms with van der Waals surface area (Å²) in [5.41, 5.74) is 3.28. The van der Waals surface area contributed by atoms with Crippen molar-refractivity contribution in [2.75, 3.05) is 19.8 Å². The number of carbonyl (C=O) groups excluding carboxylic acids is 1. The van der Waals surface area contributed by atoms with Crippen molar-refractivity contribution in [1.29, 1.82) is 0 Å². The topological polar surface area (TPSA) is 48.1 Å². The fourth-order valence-electron chi connectivity index (χ4n) is 2.53. The van der Waals surface area contributed by atoms with Crippen LogP contribution in [0.2, 0.25) is 0 Å². The molecule has 1 unspecified atom stereocenters. The van der Waals surface area contributed by atoms with Crippen LogP contribution in [0.5, 0.6) is 0 Å². The first-order valence-corrected chi connectivity index (χ1v) is 8.33. The molecule has 1 aromatic carbocycles. The van der Waals surface area contributed by atoms with Crippen molar-refractivity contribution in [3.05, 3.63) is 41.0 Å². The van der Waals surface area contributed by atoms with Gasteiger partial charge in [-0.25, -0.2) is 4.79 Å². The summed E-state index contributed by atoms with van der Waals surface area (Å²) in [6.07, 6.45) is 5.57. The van der Waals surface area contributed by atoms with Crippen LogP contribution in [0.15, 0.2) is 24.3 Å². The summed E-state index contributed by atoms with van der Waals surface area (Å²) in [7, 11) is 0. The quantitative estimate of drug-likeness (QED) is 0.394. The Morgan fingerprint density at radius 3 is 2.87 bits per heavy atom. The standard InChI is InChI=1S/C19H26O4/c1-4-7-18(23-13-15-12-22-15)17-9-6-8-14(3)16(17)10-11-19(20)21-5-2/h6,8-11,15,18H,4-5,7,12-13H2,1-3H3/b11-10+/t15?,18-/m1/s1. The third kappa shape index (κ3) is 5.48. The first-order chi connectivity index (χ1) is 11.2. The molecule has 126 valence electrons. The number of esters is 1. The molecule has 0 spiro atoms. The summed E-state index contributed by atoms with van der Waals surface area (Å²) in [5.74, 6) is -0.318. The number of aryl methyl sites for hydroxylation is 1. The second-order valence-electron chi connectivity index (χ2n) is 5.73. The normalized spacial score (nSPS) is 18.1. The van der Waals surface area contributed by atoms with Crippen LogP contribution in [-0.4, -0.2) is 31.9 Å². The Morgan fingerprint density at radius 1 is 1.43 bits per heavy atom. The van der Waals surface area contributed by atoms with Gasteiger partial charge in [0.25, 0.3) is 0 Å². The minimum atomic E-state index is -0.318. The van der Waals surface area contributed by atoms with Gasteiger partial charge in [-0.3, -0.25) is 0 Å². The van der Waals surface area contributed by atoms with E-state index in [-0.39, 0.29) is 18.2 Å². The lowest BCUT2D eigenvalue weighted by Gasteiger charge is -2.20. The van der Waals surface area contributed by atoms with Gasteiger partial charge < -0.3 is 14.2 Å². The maximum atomic E-state index is 11.6. The Labute approximate surface area is 138 Å². The Kier molecular flexibility index (Phi) is 6.81. The lowest BCUT2D eigenvalue weighted by atomic mass is 9.95. The maximum absolute atomic E-state index is 11.6. The molecule has 0 amide bonds. The van der Waals surface area contributed by atoms with E-state index in [1.165, 1.54) is 6.08 Å². The molecule has 4 heteroatoms. The molecule has 1 heterocycles. The lowest BCUT2D eigenvalue weighted by molar-refractivity contribution is -0.137. The fraction of sp³-hybridized carbons (Fsp3) is 0.526. The molecule has 0 saturated carbocycles. The monoisotopic (exact) mass is 318 g/mol. The van der Waals surface area contributed by atoms with E-state index in [2.05, 4.69) is 13.0 Å². The van der Waals surface area contributed by atoms with E-state index in [9.17, 15) is 4.79 Å². The number of rotatable bonds is 9. The van der Waals surface area contributed by atoms with Crippen LogP contribution < -0.4 is 0 Å². The van der Waals surface area contributed by atoms with E-state index >= 15 is 0 Å². The van der Waals surface area contributed by atoms with Crippen LogP contribution in [0.1, 0.15) is 49.5 Å². The van der Waals surface area contributed by atoms with Gasteiger partial charge in [-0.1, -0.05) is 31.5 Å². The molecule has 0 aliphatic carbocycles. The highest BCUT2D eigenvalue weighted by molar-refractivity contribution is 5.87. The maximum Gasteiger partial charge on any atom is 0.330 e. The second kappa shape index (κ2) is 8.85. The van der Waals surface area contributed by atoms with Crippen LogP contribution in [0.4, 0.5) is 0 Å². The molecule has 1 fully saturated rings. The second-order valence-corrected chi connectivity index (χ2v) is 5.73. The highest BCUT2D eigenvalue weighted by atomic mass is 16.6. The van der Waals surface area contributed by atoms with E-state index < -0.39 is 0 Å².